The lowest BCUT2D eigenvalue weighted by atomic mass is 10.1. The molecule has 6 heteroatoms. The summed E-state index contributed by atoms with van der Waals surface area (Å²) in [6.45, 7) is 0.811. The molecule has 2 N–H and O–H groups in total. The highest BCUT2D eigenvalue weighted by Gasteiger charge is 2.02. The first-order chi connectivity index (χ1) is 10.9. The first kappa shape index (κ1) is 19.2. The Hall–Kier alpha value is -1.89. The molecule has 126 valence electrons. The molecule has 23 heavy (non-hydrogen) atoms. The van der Waals surface area contributed by atoms with Crippen LogP contribution in [-0.4, -0.2) is 37.5 Å². The number of benzene rings is 2. The third-order valence-corrected chi connectivity index (χ3v) is 2.84. The monoisotopic (exact) mass is 338 g/mol. The molecular weight excluding hydrogens is 316 g/mol. The fraction of sp³-hybridized carbons (Fsp3) is 0.294. The lowest BCUT2D eigenvalue weighted by Crippen LogP contribution is -2.04. The molecule has 0 bridgehead atoms. The van der Waals surface area contributed by atoms with Crippen LogP contribution in [0.1, 0.15) is 11.1 Å². The Balaban J connectivity index is 0.000000463. The van der Waals surface area contributed by atoms with Crippen LogP contribution in [0.15, 0.2) is 54.6 Å². The van der Waals surface area contributed by atoms with E-state index in [0.29, 0.717) is 19.3 Å². The molecule has 2 rings (SSSR count). The van der Waals surface area contributed by atoms with Gasteiger partial charge in [0, 0.05) is 13.0 Å². The maximum Gasteiger partial charge on any atom is 0.261 e. The Morgan fingerprint density at radius 1 is 0.957 bits per heavy atom. The Labute approximate surface area is 137 Å². The fourth-order valence-electron chi connectivity index (χ4n) is 1.90. The summed E-state index contributed by atoms with van der Waals surface area (Å²) in [5, 5.41) is 8.99. The number of hydrogen-bond donors (Lipinski definition) is 2. The Kier molecular flexibility index (Phi) is 8.32. The molecule has 2 aromatic rings. The van der Waals surface area contributed by atoms with Gasteiger partial charge in [-0.15, -0.1) is 0 Å². The maximum absolute atomic E-state index is 9.19. The SMILES string of the molecule is CS(=O)(=O)O.OCCc1ccccc1OCCc1ccccc1. The van der Waals surface area contributed by atoms with Gasteiger partial charge in [-0.25, -0.2) is 0 Å². The van der Waals surface area contributed by atoms with E-state index in [1.54, 1.807) is 0 Å². The van der Waals surface area contributed by atoms with E-state index in [4.69, 9.17) is 14.4 Å². The third-order valence-electron chi connectivity index (χ3n) is 2.84. The van der Waals surface area contributed by atoms with Crippen LogP contribution >= 0.6 is 0 Å². The van der Waals surface area contributed by atoms with Crippen molar-refractivity contribution in [3.05, 3.63) is 65.7 Å². The molecule has 0 aliphatic carbocycles. The van der Waals surface area contributed by atoms with Crippen LogP contribution < -0.4 is 4.74 Å². The van der Waals surface area contributed by atoms with Crippen LogP contribution in [0, 0.1) is 0 Å². The smallest absolute Gasteiger partial charge is 0.261 e. The standard InChI is InChI=1S/C16H18O2.CH4O3S/c17-12-10-15-8-4-5-9-16(15)18-13-11-14-6-2-1-3-7-14;1-5(2,3)4/h1-9,17H,10-13H2;1H3,(H,2,3,4). The second kappa shape index (κ2) is 9.99. The van der Waals surface area contributed by atoms with Crippen LogP contribution in [0.2, 0.25) is 0 Å². The van der Waals surface area contributed by atoms with Crippen LogP contribution in [0.3, 0.4) is 0 Å². The minimum Gasteiger partial charge on any atom is -0.493 e. The zero-order valence-corrected chi connectivity index (χ0v) is 13.9. The van der Waals surface area contributed by atoms with Gasteiger partial charge in [-0.2, -0.15) is 8.42 Å². The second-order valence-corrected chi connectivity index (χ2v) is 6.36. The van der Waals surface area contributed by atoms with Crippen molar-refractivity contribution in [1.29, 1.82) is 0 Å². The highest BCUT2D eigenvalue weighted by molar-refractivity contribution is 7.85. The topological polar surface area (TPSA) is 83.8 Å². The number of ether oxygens (including phenoxy) is 1. The van der Waals surface area contributed by atoms with Gasteiger partial charge in [0.25, 0.3) is 10.1 Å². The van der Waals surface area contributed by atoms with Crippen molar-refractivity contribution >= 4 is 10.1 Å². The third kappa shape index (κ3) is 9.67. The molecule has 0 amide bonds. The summed E-state index contributed by atoms with van der Waals surface area (Å²) in [6.07, 6.45) is 2.25. The Bertz CT molecular complexity index is 660. The highest BCUT2D eigenvalue weighted by atomic mass is 32.2. The zero-order valence-electron chi connectivity index (χ0n) is 13.1. The molecule has 0 spiro atoms. The molecule has 0 aliphatic rings. The van der Waals surface area contributed by atoms with E-state index in [9.17, 15) is 8.42 Å². The first-order valence-corrected chi connectivity index (χ1v) is 9.03. The van der Waals surface area contributed by atoms with Crippen molar-refractivity contribution in [3.63, 3.8) is 0 Å². The normalized spacial score (nSPS) is 10.6. The number of hydrogen-bond acceptors (Lipinski definition) is 4. The molecule has 0 radical (unpaired) electrons. The molecule has 2 aromatic carbocycles. The zero-order chi connectivity index (χ0) is 17.1. The van der Waals surface area contributed by atoms with Gasteiger partial charge < -0.3 is 9.84 Å². The molecule has 0 heterocycles. The molecule has 0 saturated carbocycles. The largest absolute Gasteiger partial charge is 0.493 e. The Morgan fingerprint density at radius 3 is 2.13 bits per heavy atom. The number of rotatable bonds is 6. The number of aliphatic hydroxyl groups excluding tert-OH is 1. The van der Waals surface area contributed by atoms with E-state index in [1.165, 1.54) is 5.56 Å². The molecule has 0 aliphatic heterocycles. The summed E-state index contributed by atoms with van der Waals surface area (Å²) in [6, 6.07) is 18.2. The highest BCUT2D eigenvalue weighted by Crippen LogP contribution is 2.18. The van der Waals surface area contributed by atoms with Gasteiger partial charge in [0.2, 0.25) is 0 Å². The van der Waals surface area contributed by atoms with Crippen molar-refractivity contribution in [2.24, 2.45) is 0 Å². The lowest BCUT2D eigenvalue weighted by Gasteiger charge is -2.10. The van der Waals surface area contributed by atoms with Crippen LogP contribution in [0.25, 0.3) is 0 Å². The average Bonchev–Trinajstić information content (AvgIpc) is 2.49. The summed E-state index contributed by atoms with van der Waals surface area (Å²) < 4.78 is 31.7. The number of aliphatic hydroxyl groups is 1. The molecule has 0 unspecified atom stereocenters. The predicted octanol–water partition coefficient (Wildman–Crippen LogP) is 2.35. The minimum atomic E-state index is -3.67. The maximum atomic E-state index is 9.19. The molecule has 0 fully saturated rings. The minimum absolute atomic E-state index is 0.152. The molecular formula is C17H22O5S. The van der Waals surface area contributed by atoms with Gasteiger partial charge in [-0.1, -0.05) is 48.5 Å². The summed E-state index contributed by atoms with van der Waals surface area (Å²) in [7, 11) is -3.67. The van der Waals surface area contributed by atoms with E-state index in [0.717, 1.165) is 17.7 Å². The summed E-state index contributed by atoms with van der Waals surface area (Å²) >= 11 is 0. The van der Waals surface area contributed by atoms with Crippen LogP contribution in [-0.2, 0) is 23.0 Å². The van der Waals surface area contributed by atoms with E-state index in [1.807, 2.05) is 42.5 Å². The van der Waals surface area contributed by atoms with Crippen molar-refractivity contribution in [3.8, 4) is 5.75 Å². The lowest BCUT2D eigenvalue weighted by molar-refractivity contribution is 0.289. The van der Waals surface area contributed by atoms with Crippen molar-refractivity contribution in [1.82, 2.24) is 0 Å². The summed E-state index contributed by atoms with van der Waals surface area (Å²) in [5.74, 6) is 0.877. The molecule has 5 nitrogen and oxygen atoms in total. The van der Waals surface area contributed by atoms with Gasteiger partial charge in [-0.05, 0) is 23.6 Å². The van der Waals surface area contributed by atoms with Gasteiger partial charge in [-0.3, -0.25) is 4.55 Å². The molecule has 0 aromatic heterocycles. The summed E-state index contributed by atoms with van der Waals surface area (Å²) in [5.41, 5.74) is 2.34. The summed E-state index contributed by atoms with van der Waals surface area (Å²) in [4.78, 5) is 0. The van der Waals surface area contributed by atoms with Gasteiger partial charge >= 0.3 is 0 Å². The number of para-hydroxylation sites is 1. The van der Waals surface area contributed by atoms with Gasteiger partial charge in [0.05, 0.1) is 12.9 Å². The predicted molar refractivity (Wildman–Crippen MR) is 90.3 cm³/mol. The van der Waals surface area contributed by atoms with Gasteiger partial charge in [0.15, 0.2) is 0 Å². The quantitative estimate of drug-likeness (QED) is 0.790. The van der Waals surface area contributed by atoms with E-state index in [-0.39, 0.29) is 6.61 Å². The van der Waals surface area contributed by atoms with E-state index in [2.05, 4.69) is 12.1 Å². The average molecular weight is 338 g/mol. The van der Waals surface area contributed by atoms with Gasteiger partial charge in [0.1, 0.15) is 5.75 Å². The van der Waals surface area contributed by atoms with E-state index < -0.39 is 10.1 Å². The van der Waals surface area contributed by atoms with Crippen molar-refractivity contribution in [2.75, 3.05) is 19.5 Å². The fourth-order valence-corrected chi connectivity index (χ4v) is 1.90. The first-order valence-electron chi connectivity index (χ1n) is 7.18. The van der Waals surface area contributed by atoms with E-state index >= 15 is 0 Å². The van der Waals surface area contributed by atoms with Crippen LogP contribution in [0.5, 0.6) is 5.75 Å². The Morgan fingerprint density at radius 2 is 1.52 bits per heavy atom. The van der Waals surface area contributed by atoms with Crippen molar-refractivity contribution in [2.45, 2.75) is 12.8 Å². The van der Waals surface area contributed by atoms with Crippen LogP contribution in [0.4, 0.5) is 0 Å². The molecule has 0 saturated heterocycles. The second-order valence-electron chi connectivity index (χ2n) is 4.90. The van der Waals surface area contributed by atoms with Crippen molar-refractivity contribution < 1.29 is 22.8 Å². The molecule has 0 atom stereocenters.